The number of ether oxygens (including phenoxy) is 1. The summed E-state index contributed by atoms with van der Waals surface area (Å²) in [6, 6.07) is 5.95. The van der Waals surface area contributed by atoms with E-state index < -0.39 is 10.9 Å². The first-order chi connectivity index (χ1) is 9.49. The largest absolute Gasteiger partial charge is 0.462 e. The second-order valence-corrected chi connectivity index (χ2v) is 3.79. The van der Waals surface area contributed by atoms with Gasteiger partial charge in [-0.2, -0.15) is 5.26 Å². The number of esters is 1. The number of carbonyl (C=O) groups excluding carboxylic acids is 1. The molecule has 0 heterocycles. The summed E-state index contributed by atoms with van der Waals surface area (Å²) in [5.41, 5.74) is 0.983. The molecule has 0 aliphatic carbocycles. The van der Waals surface area contributed by atoms with Crippen molar-refractivity contribution in [1.82, 2.24) is 0 Å². The van der Waals surface area contributed by atoms with E-state index in [9.17, 15) is 14.9 Å². The van der Waals surface area contributed by atoms with E-state index in [1.807, 2.05) is 0 Å². The van der Waals surface area contributed by atoms with Gasteiger partial charge in [-0.15, -0.1) is 0 Å². The van der Waals surface area contributed by atoms with Crippen LogP contribution < -0.4 is 5.32 Å². The van der Waals surface area contributed by atoms with Crippen molar-refractivity contribution in [2.24, 2.45) is 0 Å². The van der Waals surface area contributed by atoms with Crippen molar-refractivity contribution in [3.8, 4) is 6.07 Å². The van der Waals surface area contributed by atoms with Gasteiger partial charge in [-0.05, 0) is 25.5 Å². The fourth-order valence-corrected chi connectivity index (χ4v) is 1.42. The molecule has 1 N–H and O–H groups in total. The Labute approximate surface area is 115 Å². The number of nitro groups is 1. The molecule has 0 aliphatic rings. The van der Waals surface area contributed by atoms with Crippen molar-refractivity contribution in [1.29, 1.82) is 5.26 Å². The SMILES string of the molecule is CCOC(=O)/C(C#N)=C/Nc1ccc([N+](=O)[O-])cc1C. The third-order valence-corrected chi connectivity index (χ3v) is 2.41. The average Bonchev–Trinajstić information content (AvgIpc) is 2.41. The van der Waals surface area contributed by atoms with E-state index in [1.165, 1.54) is 24.4 Å². The van der Waals surface area contributed by atoms with E-state index in [2.05, 4.69) is 5.32 Å². The number of rotatable bonds is 5. The van der Waals surface area contributed by atoms with Gasteiger partial charge in [-0.1, -0.05) is 0 Å². The number of nitro benzene ring substituents is 1. The molecule has 0 amide bonds. The number of nitrogens with one attached hydrogen (secondary N) is 1. The zero-order valence-electron chi connectivity index (χ0n) is 11.0. The quantitative estimate of drug-likeness (QED) is 0.290. The second kappa shape index (κ2) is 6.89. The Bertz CT molecular complexity index is 602. The third kappa shape index (κ3) is 3.81. The Morgan fingerprint density at radius 1 is 1.60 bits per heavy atom. The molecule has 0 atom stereocenters. The van der Waals surface area contributed by atoms with E-state index in [-0.39, 0.29) is 17.9 Å². The van der Waals surface area contributed by atoms with Gasteiger partial charge in [0.1, 0.15) is 6.07 Å². The van der Waals surface area contributed by atoms with E-state index >= 15 is 0 Å². The average molecular weight is 275 g/mol. The number of nitriles is 1. The molecule has 0 saturated carbocycles. The summed E-state index contributed by atoms with van der Waals surface area (Å²) < 4.78 is 4.71. The first-order valence-corrected chi connectivity index (χ1v) is 5.78. The summed E-state index contributed by atoms with van der Waals surface area (Å²) >= 11 is 0. The van der Waals surface area contributed by atoms with E-state index in [0.29, 0.717) is 11.3 Å². The first kappa shape index (κ1) is 15.2. The van der Waals surface area contributed by atoms with Crippen LogP contribution in [0.3, 0.4) is 0 Å². The number of hydrogen-bond donors (Lipinski definition) is 1. The molecule has 1 aromatic carbocycles. The van der Waals surface area contributed by atoms with E-state index in [4.69, 9.17) is 10.00 Å². The van der Waals surface area contributed by atoms with E-state index in [0.717, 1.165) is 0 Å². The summed E-state index contributed by atoms with van der Waals surface area (Å²) in [5.74, 6) is -0.720. The van der Waals surface area contributed by atoms with Gasteiger partial charge in [0, 0.05) is 24.0 Å². The van der Waals surface area contributed by atoms with Crippen molar-refractivity contribution in [3.05, 3.63) is 45.6 Å². The zero-order chi connectivity index (χ0) is 15.1. The molecule has 104 valence electrons. The molecule has 0 aromatic heterocycles. The molecule has 1 rings (SSSR count). The van der Waals surface area contributed by atoms with E-state index in [1.54, 1.807) is 19.9 Å². The standard InChI is InChI=1S/C13H13N3O4/c1-3-20-13(17)10(7-14)8-15-12-5-4-11(16(18)19)6-9(12)2/h4-6,8,15H,3H2,1-2H3/b10-8+. The number of hydrogen-bond acceptors (Lipinski definition) is 6. The van der Waals surface area contributed by atoms with Crippen molar-refractivity contribution >= 4 is 17.3 Å². The van der Waals surface area contributed by atoms with Crippen LogP contribution >= 0.6 is 0 Å². The minimum absolute atomic E-state index is 0.0251. The molecule has 0 radical (unpaired) electrons. The lowest BCUT2D eigenvalue weighted by Gasteiger charge is -2.06. The van der Waals surface area contributed by atoms with Crippen molar-refractivity contribution in [2.45, 2.75) is 13.8 Å². The van der Waals surface area contributed by atoms with Crippen LogP contribution in [0.15, 0.2) is 30.0 Å². The molecule has 0 unspecified atom stereocenters. The maximum Gasteiger partial charge on any atom is 0.350 e. The predicted molar refractivity (Wildman–Crippen MR) is 71.8 cm³/mol. The maximum atomic E-state index is 11.4. The molecule has 20 heavy (non-hydrogen) atoms. The Morgan fingerprint density at radius 3 is 2.80 bits per heavy atom. The van der Waals surface area contributed by atoms with Crippen LogP contribution in [0.25, 0.3) is 0 Å². The van der Waals surface area contributed by atoms with Gasteiger partial charge in [0.15, 0.2) is 5.57 Å². The lowest BCUT2D eigenvalue weighted by atomic mass is 10.2. The fraction of sp³-hybridized carbons (Fsp3) is 0.231. The lowest BCUT2D eigenvalue weighted by molar-refractivity contribution is -0.384. The molecular weight excluding hydrogens is 262 g/mol. The molecular formula is C13H13N3O4. The smallest absolute Gasteiger partial charge is 0.350 e. The predicted octanol–water partition coefficient (Wildman–Crippen LogP) is 2.29. The molecule has 0 spiro atoms. The van der Waals surface area contributed by atoms with Crippen LogP contribution in [0.2, 0.25) is 0 Å². The summed E-state index contributed by atoms with van der Waals surface area (Å²) in [6.07, 6.45) is 1.21. The maximum absolute atomic E-state index is 11.4. The second-order valence-electron chi connectivity index (χ2n) is 3.79. The molecule has 0 saturated heterocycles. The van der Waals surface area contributed by atoms with Crippen LogP contribution in [0.5, 0.6) is 0 Å². The van der Waals surface area contributed by atoms with Gasteiger partial charge in [0.2, 0.25) is 0 Å². The minimum atomic E-state index is -0.720. The highest BCUT2D eigenvalue weighted by molar-refractivity contribution is 5.93. The lowest BCUT2D eigenvalue weighted by Crippen LogP contribution is -2.08. The van der Waals surface area contributed by atoms with Crippen LogP contribution in [0.4, 0.5) is 11.4 Å². The number of non-ortho nitro benzene ring substituents is 1. The molecule has 0 bridgehead atoms. The van der Waals surface area contributed by atoms with Gasteiger partial charge >= 0.3 is 5.97 Å². The van der Waals surface area contributed by atoms with Gasteiger partial charge < -0.3 is 10.1 Å². The molecule has 0 fully saturated rings. The Hall–Kier alpha value is -2.88. The highest BCUT2D eigenvalue weighted by Crippen LogP contribution is 2.21. The zero-order valence-corrected chi connectivity index (χ0v) is 11.0. The Kier molecular flexibility index (Phi) is 5.23. The number of anilines is 1. The number of carbonyl (C=O) groups is 1. The number of nitrogens with zero attached hydrogens (tertiary/aromatic N) is 2. The molecule has 0 aliphatic heterocycles. The van der Waals surface area contributed by atoms with Crippen LogP contribution in [0, 0.1) is 28.4 Å². The highest BCUT2D eigenvalue weighted by Gasteiger charge is 2.11. The molecule has 7 nitrogen and oxygen atoms in total. The minimum Gasteiger partial charge on any atom is -0.462 e. The van der Waals surface area contributed by atoms with Crippen LogP contribution in [-0.2, 0) is 9.53 Å². The third-order valence-electron chi connectivity index (χ3n) is 2.41. The van der Waals surface area contributed by atoms with Gasteiger partial charge in [0.25, 0.3) is 5.69 Å². The fourth-order valence-electron chi connectivity index (χ4n) is 1.42. The van der Waals surface area contributed by atoms with Crippen LogP contribution in [0.1, 0.15) is 12.5 Å². The summed E-state index contributed by atoms with van der Waals surface area (Å²) in [5, 5.41) is 22.2. The number of benzene rings is 1. The summed E-state index contributed by atoms with van der Waals surface area (Å²) in [6.45, 7) is 3.49. The summed E-state index contributed by atoms with van der Waals surface area (Å²) in [7, 11) is 0. The van der Waals surface area contributed by atoms with Crippen molar-refractivity contribution in [2.75, 3.05) is 11.9 Å². The van der Waals surface area contributed by atoms with Crippen molar-refractivity contribution < 1.29 is 14.5 Å². The summed E-state index contributed by atoms with van der Waals surface area (Å²) in [4.78, 5) is 21.5. The topological polar surface area (TPSA) is 105 Å². The van der Waals surface area contributed by atoms with Gasteiger partial charge in [-0.25, -0.2) is 4.79 Å². The van der Waals surface area contributed by atoms with Crippen molar-refractivity contribution in [3.63, 3.8) is 0 Å². The monoisotopic (exact) mass is 275 g/mol. The van der Waals surface area contributed by atoms with Gasteiger partial charge in [0.05, 0.1) is 11.5 Å². The number of aryl methyl sites for hydroxylation is 1. The van der Waals surface area contributed by atoms with Gasteiger partial charge in [-0.3, -0.25) is 10.1 Å². The molecule has 7 heteroatoms. The highest BCUT2D eigenvalue weighted by atomic mass is 16.6. The normalized spacial score (nSPS) is 10.6. The first-order valence-electron chi connectivity index (χ1n) is 5.78. The molecule has 1 aromatic rings. The van der Waals surface area contributed by atoms with Crippen LogP contribution in [-0.4, -0.2) is 17.5 Å². The Balaban J connectivity index is 2.91. The Morgan fingerprint density at radius 2 is 2.30 bits per heavy atom.